The lowest BCUT2D eigenvalue weighted by Gasteiger charge is -2.41. The molecule has 2 bridgehead atoms. The van der Waals surface area contributed by atoms with Gasteiger partial charge in [-0.3, -0.25) is 9.59 Å². The van der Waals surface area contributed by atoms with Crippen LogP contribution >= 0.6 is 11.3 Å². The third-order valence-electron chi connectivity index (χ3n) is 5.20. The zero-order valence-electron chi connectivity index (χ0n) is 14.9. The van der Waals surface area contributed by atoms with E-state index in [-0.39, 0.29) is 24.3 Å². The minimum Gasteiger partial charge on any atom is -0.481 e. The average Bonchev–Trinajstić information content (AvgIpc) is 3.05. The monoisotopic (exact) mass is 377 g/mol. The van der Waals surface area contributed by atoms with Gasteiger partial charge in [0, 0.05) is 4.88 Å². The summed E-state index contributed by atoms with van der Waals surface area (Å²) in [5.41, 5.74) is 0.338. The Morgan fingerprint density at radius 2 is 1.85 bits per heavy atom. The van der Waals surface area contributed by atoms with Gasteiger partial charge in [-0.15, -0.1) is 11.3 Å². The van der Waals surface area contributed by atoms with Crippen LogP contribution in [-0.2, 0) is 20.7 Å². The summed E-state index contributed by atoms with van der Waals surface area (Å²) in [5, 5.41) is 12.9. The van der Waals surface area contributed by atoms with Crippen molar-refractivity contribution in [1.29, 1.82) is 0 Å². The Bertz CT molecular complexity index is 753. The van der Waals surface area contributed by atoms with Gasteiger partial charge in [-0.25, -0.2) is 4.79 Å². The maximum atomic E-state index is 12.9. The second-order valence-electron chi connectivity index (χ2n) is 6.70. The molecular formula is C19H23NO5S. The van der Waals surface area contributed by atoms with Crippen LogP contribution in [0.15, 0.2) is 18.2 Å². The third kappa shape index (κ3) is 3.40. The Kier molecular flexibility index (Phi) is 5.46. The molecular weight excluding hydrogens is 354 g/mol. The summed E-state index contributed by atoms with van der Waals surface area (Å²) in [4.78, 5) is 37.8. The van der Waals surface area contributed by atoms with Gasteiger partial charge in [0.25, 0.3) is 0 Å². The maximum absolute atomic E-state index is 12.9. The van der Waals surface area contributed by atoms with E-state index in [9.17, 15) is 19.5 Å². The molecule has 0 spiro atoms. The van der Waals surface area contributed by atoms with Crippen molar-refractivity contribution in [2.24, 2.45) is 23.7 Å². The van der Waals surface area contributed by atoms with Gasteiger partial charge < -0.3 is 15.2 Å². The summed E-state index contributed by atoms with van der Waals surface area (Å²) in [6.45, 7) is 3.95. The standard InChI is InChI=1S/C19H23NO5S/c1-3-12-9-13(19(24)25-4-2)17(26-12)20-16(21)14-10-5-7-11(8-6-10)15(14)18(22)23/h5,7,9-11,14-15H,3-4,6,8H2,1-2H3,(H,20,21)(H,22,23)/t10-,11-,14-,15+/m0/s1. The number of amides is 1. The molecule has 4 atom stereocenters. The van der Waals surface area contributed by atoms with Gasteiger partial charge in [0.1, 0.15) is 5.00 Å². The van der Waals surface area contributed by atoms with Crippen LogP contribution in [0.2, 0.25) is 0 Å². The maximum Gasteiger partial charge on any atom is 0.341 e. The number of nitrogens with one attached hydrogen (secondary N) is 1. The fraction of sp³-hybridized carbons (Fsp3) is 0.526. The molecule has 0 aliphatic heterocycles. The molecule has 3 aliphatic rings. The normalized spacial score (nSPS) is 26.5. The molecule has 1 heterocycles. The molecule has 6 nitrogen and oxygen atoms in total. The molecule has 1 fully saturated rings. The highest BCUT2D eigenvalue weighted by Gasteiger charge is 2.48. The molecule has 1 saturated carbocycles. The molecule has 1 aromatic rings. The Balaban J connectivity index is 1.85. The number of aryl methyl sites for hydroxylation is 1. The zero-order chi connectivity index (χ0) is 18.8. The topological polar surface area (TPSA) is 92.7 Å². The van der Waals surface area contributed by atoms with E-state index in [1.807, 2.05) is 19.1 Å². The first kappa shape index (κ1) is 18.6. The molecule has 2 N–H and O–H groups in total. The van der Waals surface area contributed by atoms with Crippen molar-refractivity contribution in [3.63, 3.8) is 0 Å². The Morgan fingerprint density at radius 1 is 1.19 bits per heavy atom. The fourth-order valence-corrected chi connectivity index (χ4v) is 4.94. The van der Waals surface area contributed by atoms with E-state index in [0.717, 1.165) is 24.1 Å². The Labute approximate surface area is 156 Å². The Morgan fingerprint density at radius 3 is 2.38 bits per heavy atom. The van der Waals surface area contributed by atoms with E-state index < -0.39 is 23.8 Å². The molecule has 7 heteroatoms. The van der Waals surface area contributed by atoms with Crippen LogP contribution in [0.3, 0.4) is 0 Å². The number of hydrogen-bond acceptors (Lipinski definition) is 5. The van der Waals surface area contributed by atoms with Crippen LogP contribution in [0.25, 0.3) is 0 Å². The van der Waals surface area contributed by atoms with E-state index >= 15 is 0 Å². The number of anilines is 1. The molecule has 4 rings (SSSR count). The zero-order valence-corrected chi connectivity index (χ0v) is 15.7. The fourth-order valence-electron chi connectivity index (χ4n) is 3.95. The van der Waals surface area contributed by atoms with E-state index in [4.69, 9.17) is 4.74 Å². The number of thiophene rings is 1. The number of aliphatic carboxylic acids is 1. The van der Waals surface area contributed by atoms with Gasteiger partial charge in [0.05, 0.1) is 24.0 Å². The molecule has 3 aliphatic carbocycles. The molecule has 140 valence electrons. The number of allylic oxidation sites excluding steroid dienone is 2. The number of ether oxygens (including phenoxy) is 1. The number of fused-ring (bicyclic) bond motifs is 2. The van der Waals surface area contributed by atoms with Gasteiger partial charge >= 0.3 is 11.9 Å². The first-order valence-corrected chi connectivity index (χ1v) is 9.79. The van der Waals surface area contributed by atoms with Gasteiger partial charge in [0.15, 0.2) is 0 Å². The van der Waals surface area contributed by atoms with E-state index in [1.54, 1.807) is 13.0 Å². The smallest absolute Gasteiger partial charge is 0.341 e. The van der Waals surface area contributed by atoms with Gasteiger partial charge in [-0.05, 0) is 44.1 Å². The number of hydrogen-bond donors (Lipinski definition) is 2. The second-order valence-corrected chi connectivity index (χ2v) is 7.84. The summed E-state index contributed by atoms with van der Waals surface area (Å²) in [7, 11) is 0. The van der Waals surface area contributed by atoms with Gasteiger partial charge in [0.2, 0.25) is 5.91 Å². The van der Waals surface area contributed by atoms with Gasteiger partial charge in [-0.1, -0.05) is 19.1 Å². The summed E-state index contributed by atoms with van der Waals surface area (Å²) in [6.07, 6.45) is 6.26. The van der Waals surface area contributed by atoms with Crippen LogP contribution in [0.4, 0.5) is 5.00 Å². The number of carboxylic acids is 1. The first-order valence-electron chi connectivity index (χ1n) is 8.98. The summed E-state index contributed by atoms with van der Waals surface area (Å²) in [6, 6.07) is 1.74. The van der Waals surface area contributed by atoms with Crippen molar-refractivity contribution in [1.82, 2.24) is 0 Å². The van der Waals surface area contributed by atoms with Crippen LogP contribution in [0, 0.1) is 23.7 Å². The quantitative estimate of drug-likeness (QED) is 0.586. The van der Waals surface area contributed by atoms with Crippen molar-refractivity contribution in [2.45, 2.75) is 33.1 Å². The van der Waals surface area contributed by atoms with Crippen LogP contribution in [0.1, 0.15) is 41.9 Å². The van der Waals surface area contributed by atoms with Crippen LogP contribution in [-0.4, -0.2) is 29.6 Å². The predicted octanol–water partition coefficient (Wildman–Crippen LogP) is 3.34. The van der Waals surface area contributed by atoms with E-state index in [2.05, 4.69) is 5.32 Å². The van der Waals surface area contributed by atoms with Crippen molar-refractivity contribution in [3.8, 4) is 0 Å². The Hall–Kier alpha value is -2.15. The third-order valence-corrected chi connectivity index (χ3v) is 6.39. The minimum absolute atomic E-state index is 0.0715. The number of rotatable bonds is 6. The molecule has 1 aromatic heterocycles. The van der Waals surface area contributed by atoms with Crippen molar-refractivity contribution in [3.05, 3.63) is 28.7 Å². The lowest BCUT2D eigenvalue weighted by Crippen LogP contribution is -2.47. The van der Waals surface area contributed by atoms with Crippen molar-refractivity contribution < 1.29 is 24.2 Å². The molecule has 0 aromatic carbocycles. The molecule has 0 saturated heterocycles. The highest BCUT2D eigenvalue weighted by molar-refractivity contribution is 7.16. The minimum atomic E-state index is -0.935. The summed E-state index contributed by atoms with van der Waals surface area (Å²) >= 11 is 1.34. The van der Waals surface area contributed by atoms with Crippen molar-refractivity contribution in [2.75, 3.05) is 11.9 Å². The molecule has 0 radical (unpaired) electrons. The lowest BCUT2D eigenvalue weighted by molar-refractivity contribution is -0.151. The second kappa shape index (κ2) is 7.61. The molecule has 26 heavy (non-hydrogen) atoms. The number of esters is 1. The van der Waals surface area contributed by atoms with E-state index in [1.165, 1.54) is 11.3 Å². The SMILES string of the molecule is CCOC(=O)c1cc(CC)sc1NC(=O)[C@@H]1[C@H](C(=O)O)[C@H]2C=C[C@H]1CC2. The van der Waals surface area contributed by atoms with Crippen LogP contribution in [0.5, 0.6) is 0 Å². The lowest BCUT2D eigenvalue weighted by atomic mass is 9.62. The predicted molar refractivity (Wildman–Crippen MR) is 98.3 cm³/mol. The highest BCUT2D eigenvalue weighted by Crippen LogP contribution is 2.45. The van der Waals surface area contributed by atoms with Crippen LogP contribution < -0.4 is 5.32 Å². The molecule has 0 unspecified atom stereocenters. The first-order chi connectivity index (χ1) is 12.5. The van der Waals surface area contributed by atoms with Gasteiger partial charge in [-0.2, -0.15) is 0 Å². The average molecular weight is 377 g/mol. The number of carbonyl (C=O) groups excluding carboxylic acids is 2. The number of carboxylic acid groups (broad SMARTS) is 1. The summed E-state index contributed by atoms with van der Waals surface area (Å²) < 4.78 is 5.07. The number of carbonyl (C=O) groups is 3. The largest absolute Gasteiger partial charge is 0.481 e. The highest BCUT2D eigenvalue weighted by atomic mass is 32.1. The van der Waals surface area contributed by atoms with Crippen molar-refractivity contribution >= 4 is 34.2 Å². The van der Waals surface area contributed by atoms with E-state index in [0.29, 0.717) is 10.6 Å². The molecule has 1 amide bonds. The summed E-state index contributed by atoms with van der Waals surface area (Å²) in [5.74, 6) is -3.24.